The van der Waals surface area contributed by atoms with Crippen molar-refractivity contribution in [3.63, 3.8) is 0 Å². The minimum Gasteiger partial charge on any atom is -0.461 e. The minimum atomic E-state index is -1.19. The number of nitrogens with one attached hydrogen (secondary N) is 3. The fourth-order valence-electron chi connectivity index (χ4n) is 5.15. The van der Waals surface area contributed by atoms with E-state index in [0.29, 0.717) is 44.5 Å². The van der Waals surface area contributed by atoms with E-state index >= 15 is 0 Å². The van der Waals surface area contributed by atoms with Gasteiger partial charge in [-0.25, -0.2) is 0 Å². The number of imide groups is 1. The summed E-state index contributed by atoms with van der Waals surface area (Å²) in [6, 6.07) is 5.94. The molecule has 11 heteroatoms. The van der Waals surface area contributed by atoms with Crippen molar-refractivity contribution in [2.45, 2.75) is 92.2 Å². The van der Waals surface area contributed by atoms with Crippen molar-refractivity contribution in [2.75, 3.05) is 18.4 Å². The number of likely N-dealkylation sites (tertiary alicyclic amines) is 1. The highest BCUT2D eigenvalue weighted by Crippen LogP contribution is 2.41. The Morgan fingerprint density at radius 1 is 1.02 bits per heavy atom. The first-order chi connectivity index (χ1) is 19.7. The zero-order valence-electron chi connectivity index (χ0n) is 25.3. The van der Waals surface area contributed by atoms with Gasteiger partial charge in [-0.3, -0.25) is 33.7 Å². The molecule has 3 N–H and O–H groups in total. The Bertz CT molecular complexity index is 1180. The zero-order valence-corrected chi connectivity index (χ0v) is 25.3. The molecule has 5 amide bonds. The number of carbonyl (C=O) groups excluding carboxylic acids is 6. The van der Waals surface area contributed by atoms with Crippen LogP contribution in [-0.2, 0) is 40.1 Å². The summed E-state index contributed by atoms with van der Waals surface area (Å²) >= 11 is 0. The average molecular weight is 585 g/mol. The molecule has 0 spiro atoms. The number of unbranched alkanes of at least 4 members (excludes halogenated alkanes) is 2. The molecule has 42 heavy (non-hydrogen) atoms. The van der Waals surface area contributed by atoms with Gasteiger partial charge in [-0.2, -0.15) is 0 Å². The van der Waals surface area contributed by atoms with Crippen molar-refractivity contribution in [2.24, 2.45) is 16.7 Å². The van der Waals surface area contributed by atoms with E-state index in [-0.39, 0.29) is 48.1 Å². The van der Waals surface area contributed by atoms with Gasteiger partial charge in [0.05, 0.1) is 5.92 Å². The highest BCUT2D eigenvalue weighted by atomic mass is 16.5. The molecule has 3 rings (SSSR count). The van der Waals surface area contributed by atoms with E-state index in [1.54, 1.807) is 31.2 Å². The number of hydrogen-bond acceptors (Lipinski definition) is 7. The third-order valence-corrected chi connectivity index (χ3v) is 8.11. The van der Waals surface area contributed by atoms with Crippen molar-refractivity contribution in [1.82, 2.24) is 15.5 Å². The molecule has 1 aromatic rings. The molecule has 0 aromatic heterocycles. The van der Waals surface area contributed by atoms with Crippen molar-refractivity contribution >= 4 is 41.2 Å². The van der Waals surface area contributed by atoms with Gasteiger partial charge in [0, 0.05) is 32.1 Å². The molecule has 1 saturated carbocycles. The number of rotatable bonds is 13. The molecule has 1 aliphatic carbocycles. The lowest BCUT2D eigenvalue weighted by Crippen LogP contribution is -2.58. The van der Waals surface area contributed by atoms with Crippen LogP contribution in [0.5, 0.6) is 0 Å². The van der Waals surface area contributed by atoms with Gasteiger partial charge < -0.3 is 20.7 Å². The van der Waals surface area contributed by atoms with E-state index in [2.05, 4.69) is 16.0 Å². The average Bonchev–Trinajstić information content (AvgIpc) is 3.18. The number of benzene rings is 1. The van der Waals surface area contributed by atoms with E-state index in [1.807, 2.05) is 20.8 Å². The van der Waals surface area contributed by atoms with Gasteiger partial charge in [0.1, 0.15) is 18.1 Å². The van der Waals surface area contributed by atoms with E-state index in [1.165, 1.54) is 11.8 Å². The summed E-state index contributed by atoms with van der Waals surface area (Å²) in [6.07, 6.45) is 3.86. The van der Waals surface area contributed by atoms with Gasteiger partial charge in [0.25, 0.3) is 0 Å². The second kappa shape index (κ2) is 13.9. The zero-order chi connectivity index (χ0) is 31.1. The van der Waals surface area contributed by atoms with E-state index in [0.717, 1.165) is 18.4 Å². The molecule has 1 saturated heterocycles. The fraction of sp³-hybridized carbons (Fsp3) is 0.613. The highest BCUT2D eigenvalue weighted by Gasteiger charge is 2.51. The Morgan fingerprint density at radius 3 is 2.24 bits per heavy atom. The topological polar surface area (TPSA) is 151 Å². The molecule has 1 aromatic carbocycles. The summed E-state index contributed by atoms with van der Waals surface area (Å²) < 4.78 is 4.95. The Hall–Kier alpha value is -3.76. The maximum atomic E-state index is 13.1. The Kier molecular flexibility index (Phi) is 10.9. The number of carbonyl (C=O) groups is 6. The van der Waals surface area contributed by atoms with Crippen LogP contribution in [0.4, 0.5) is 5.69 Å². The summed E-state index contributed by atoms with van der Waals surface area (Å²) in [5.41, 5.74) is -0.147. The van der Waals surface area contributed by atoms with Crippen LogP contribution in [0, 0.1) is 16.7 Å². The summed E-state index contributed by atoms with van der Waals surface area (Å²) in [5.74, 6) is -2.12. The first-order valence-corrected chi connectivity index (χ1v) is 14.7. The van der Waals surface area contributed by atoms with Gasteiger partial charge in [-0.15, -0.1) is 0 Å². The standard InChI is InChI=1S/C31H44N4O7/c1-20(26(38)34-23-12-10-22(11-13-23)19-42-21(2)36)33-29(41)31(14-9-15-31)28(40)32-16-7-6-8-17-35-25(37)18-24(27(35)39)30(3,4)5/h10-13,20,24H,6-9,14-19H2,1-5H3,(H,32,40)(H,33,41)(H,34,38)/t20-,24?/m0/s1. The molecule has 1 heterocycles. The lowest BCUT2D eigenvalue weighted by Gasteiger charge is -2.39. The molecule has 2 aliphatic rings. The molecule has 0 radical (unpaired) electrons. The van der Waals surface area contributed by atoms with Gasteiger partial charge in [-0.1, -0.05) is 39.3 Å². The molecule has 11 nitrogen and oxygen atoms in total. The smallest absolute Gasteiger partial charge is 0.302 e. The quantitative estimate of drug-likeness (QED) is 0.140. The van der Waals surface area contributed by atoms with Crippen LogP contribution in [0.2, 0.25) is 0 Å². The number of nitrogens with zero attached hydrogens (tertiary/aromatic N) is 1. The van der Waals surface area contributed by atoms with Gasteiger partial charge in [0.15, 0.2) is 0 Å². The number of esters is 1. The predicted octanol–water partition coefficient (Wildman–Crippen LogP) is 3.07. The third-order valence-electron chi connectivity index (χ3n) is 8.11. The third kappa shape index (κ3) is 8.17. The van der Waals surface area contributed by atoms with Crippen LogP contribution in [0.15, 0.2) is 24.3 Å². The summed E-state index contributed by atoms with van der Waals surface area (Å²) in [4.78, 5) is 76.0. The van der Waals surface area contributed by atoms with Crippen LogP contribution >= 0.6 is 0 Å². The summed E-state index contributed by atoms with van der Waals surface area (Å²) in [5, 5.41) is 8.30. The van der Waals surface area contributed by atoms with Gasteiger partial charge in [0.2, 0.25) is 29.5 Å². The SMILES string of the molecule is CC(=O)OCc1ccc(NC(=O)[C@H](C)NC(=O)C2(C(=O)NCCCCCN3C(=O)CC(C(C)(C)C)C3=O)CCC2)cc1. The monoisotopic (exact) mass is 584 g/mol. The van der Waals surface area contributed by atoms with Crippen LogP contribution in [-0.4, -0.2) is 59.5 Å². The number of hydrogen-bond donors (Lipinski definition) is 3. The van der Waals surface area contributed by atoms with Gasteiger partial charge in [-0.05, 0) is 62.1 Å². The fourth-order valence-corrected chi connectivity index (χ4v) is 5.15. The number of amides is 5. The Morgan fingerprint density at radius 2 is 1.69 bits per heavy atom. The van der Waals surface area contributed by atoms with E-state index in [9.17, 15) is 28.8 Å². The number of anilines is 1. The minimum absolute atomic E-state index is 0.101. The second-order valence-electron chi connectivity index (χ2n) is 12.4. The lowest BCUT2D eigenvalue weighted by molar-refractivity contribution is -0.151. The summed E-state index contributed by atoms with van der Waals surface area (Å²) in [6.45, 7) is 9.69. The van der Waals surface area contributed by atoms with Crippen LogP contribution in [0.1, 0.15) is 85.1 Å². The summed E-state index contributed by atoms with van der Waals surface area (Å²) in [7, 11) is 0. The highest BCUT2D eigenvalue weighted by molar-refractivity contribution is 6.08. The van der Waals surface area contributed by atoms with E-state index in [4.69, 9.17) is 4.74 Å². The van der Waals surface area contributed by atoms with Crippen molar-refractivity contribution in [1.29, 1.82) is 0 Å². The molecule has 1 aliphatic heterocycles. The molecular formula is C31H44N4O7. The first kappa shape index (κ1) is 32.8. The normalized spacial score (nSPS) is 18.6. The predicted molar refractivity (Wildman–Crippen MR) is 156 cm³/mol. The molecule has 2 atom stereocenters. The number of ether oxygens (including phenoxy) is 1. The van der Waals surface area contributed by atoms with Crippen LogP contribution < -0.4 is 16.0 Å². The second-order valence-corrected chi connectivity index (χ2v) is 12.4. The molecule has 230 valence electrons. The largest absolute Gasteiger partial charge is 0.461 e. The first-order valence-electron chi connectivity index (χ1n) is 14.7. The Labute approximate surface area is 247 Å². The maximum Gasteiger partial charge on any atom is 0.302 e. The van der Waals surface area contributed by atoms with Crippen molar-refractivity contribution in [3.05, 3.63) is 29.8 Å². The van der Waals surface area contributed by atoms with Crippen molar-refractivity contribution in [3.8, 4) is 0 Å². The van der Waals surface area contributed by atoms with Crippen molar-refractivity contribution < 1.29 is 33.5 Å². The molecule has 0 bridgehead atoms. The molecular weight excluding hydrogens is 540 g/mol. The maximum absolute atomic E-state index is 13.1. The van der Waals surface area contributed by atoms with Crippen LogP contribution in [0.25, 0.3) is 0 Å². The van der Waals surface area contributed by atoms with E-state index < -0.39 is 23.3 Å². The molecule has 1 unspecified atom stereocenters. The lowest BCUT2D eigenvalue weighted by atomic mass is 9.67. The molecule has 2 fully saturated rings. The van der Waals surface area contributed by atoms with Crippen LogP contribution in [0.3, 0.4) is 0 Å². The van der Waals surface area contributed by atoms with Gasteiger partial charge >= 0.3 is 5.97 Å². The Balaban J connectivity index is 1.40.